The van der Waals surface area contributed by atoms with Crippen LogP contribution in [0.25, 0.3) is 0 Å². The zero-order chi connectivity index (χ0) is 12.3. The van der Waals surface area contributed by atoms with Gasteiger partial charge in [0.1, 0.15) is 0 Å². The van der Waals surface area contributed by atoms with Gasteiger partial charge in [-0.3, -0.25) is 4.79 Å². The molecule has 1 unspecified atom stereocenters. The molecule has 2 heteroatoms. The van der Waals surface area contributed by atoms with E-state index in [0.717, 1.165) is 12.0 Å². The normalized spacial score (nSPS) is 17.5. The molecule has 92 valence electrons. The highest BCUT2D eigenvalue weighted by Gasteiger charge is 2.21. The lowest BCUT2D eigenvalue weighted by Gasteiger charge is -2.26. The van der Waals surface area contributed by atoms with E-state index in [2.05, 4.69) is 12.1 Å². The molecule has 0 saturated heterocycles. The van der Waals surface area contributed by atoms with E-state index in [1.54, 1.807) is 0 Å². The zero-order valence-electron chi connectivity index (χ0n) is 10.5. The monoisotopic (exact) mass is 231 g/mol. The van der Waals surface area contributed by atoms with Gasteiger partial charge in [0.15, 0.2) is 5.78 Å². The maximum Gasteiger partial charge on any atom is 0.167 e. The number of carbonyl (C=O) groups excluding carboxylic acids is 1. The Hall–Kier alpha value is -1.15. The van der Waals surface area contributed by atoms with Crippen molar-refractivity contribution in [2.75, 3.05) is 6.54 Å². The number of nitrogens with two attached hydrogens (primary N) is 1. The van der Waals surface area contributed by atoms with Crippen LogP contribution in [0.15, 0.2) is 24.3 Å². The molecular formula is C15H21NO. The lowest BCUT2D eigenvalue weighted by atomic mass is 9.79. The molecule has 1 saturated carbocycles. The molecule has 1 aromatic carbocycles. The predicted molar refractivity (Wildman–Crippen MR) is 70.2 cm³/mol. The molecule has 0 amide bonds. The zero-order valence-corrected chi connectivity index (χ0v) is 10.5. The molecule has 0 spiro atoms. The van der Waals surface area contributed by atoms with Gasteiger partial charge in [-0.15, -0.1) is 0 Å². The Morgan fingerprint density at radius 3 is 2.76 bits per heavy atom. The molecule has 1 aliphatic rings. The summed E-state index contributed by atoms with van der Waals surface area (Å²) in [7, 11) is 0. The topological polar surface area (TPSA) is 43.1 Å². The van der Waals surface area contributed by atoms with Gasteiger partial charge in [0.25, 0.3) is 0 Å². The minimum atomic E-state index is -0.0216. The maximum absolute atomic E-state index is 12.2. The van der Waals surface area contributed by atoms with Gasteiger partial charge in [-0.1, -0.05) is 31.5 Å². The van der Waals surface area contributed by atoms with Crippen LogP contribution in [0.2, 0.25) is 0 Å². The van der Waals surface area contributed by atoms with Crippen LogP contribution >= 0.6 is 0 Å². The molecular weight excluding hydrogens is 210 g/mol. The van der Waals surface area contributed by atoms with Crippen molar-refractivity contribution in [2.24, 2.45) is 11.7 Å². The van der Waals surface area contributed by atoms with Gasteiger partial charge in [-0.25, -0.2) is 0 Å². The molecule has 1 aromatic rings. The first-order valence-electron chi connectivity index (χ1n) is 6.60. The maximum atomic E-state index is 12.2. The van der Waals surface area contributed by atoms with Crippen LogP contribution in [0.5, 0.6) is 0 Å². The Morgan fingerprint density at radius 2 is 2.24 bits per heavy atom. The number of hydrogen-bond donors (Lipinski definition) is 1. The molecule has 2 nitrogen and oxygen atoms in total. The first kappa shape index (κ1) is 12.3. The lowest BCUT2D eigenvalue weighted by molar-refractivity contribution is 0.0921. The molecule has 17 heavy (non-hydrogen) atoms. The molecule has 0 radical (unpaired) electrons. The fourth-order valence-corrected chi connectivity index (χ4v) is 2.38. The van der Waals surface area contributed by atoms with Crippen molar-refractivity contribution in [3.63, 3.8) is 0 Å². The van der Waals surface area contributed by atoms with E-state index in [4.69, 9.17) is 5.73 Å². The van der Waals surface area contributed by atoms with Crippen LogP contribution in [0.3, 0.4) is 0 Å². The summed E-state index contributed by atoms with van der Waals surface area (Å²) in [6.07, 6.45) is 4.68. The van der Waals surface area contributed by atoms with E-state index in [1.807, 2.05) is 19.1 Å². The number of carbonyl (C=O) groups is 1. The second-order valence-electron chi connectivity index (χ2n) is 4.96. The van der Waals surface area contributed by atoms with Crippen molar-refractivity contribution in [1.29, 1.82) is 0 Å². The van der Waals surface area contributed by atoms with E-state index in [1.165, 1.54) is 24.8 Å². The highest BCUT2D eigenvalue weighted by molar-refractivity contribution is 5.98. The fraction of sp³-hybridized carbons (Fsp3) is 0.533. The molecule has 1 atom stereocenters. The van der Waals surface area contributed by atoms with Gasteiger partial charge in [0, 0.05) is 18.0 Å². The van der Waals surface area contributed by atoms with Crippen LogP contribution < -0.4 is 5.73 Å². The van der Waals surface area contributed by atoms with Crippen molar-refractivity contribution in [3.05, 3.63) is 35.4 Å². The Balaban J connectivity index is 2.17. The summed E-state index contributed by atoms with van der Waals surface area (Å²) >= 11 is 0. The second-order valence-corrected chi connectivity index (χ2v) is 4.96. The number of hydrogen-bond acceptors (Lipinski definition) is 2. The third-order valence-corrected chi connectivity index (χ3v) is 3.90. The highest BCUT2D eigenvalue weighted by Crippen LogP contribution is 2.36. The summed E-state index contributed by atoms with van der Waals surface area (Å²) in [6, 6.07) is 8.14. The average molecular weight is 231 g/mol. The summed E-state index contributed by atoms with van der Waals surface area (Å²) in [5.74, 6) is 0.864. The van der Waals surface area contributed by atoms with E-state index in [-0.39, 0.29) is 11.7 Å². The summed E-state index contributed by atoms with van der Waals surface area (Å²) in [5, 5.41) is 0. The van der Waals surface area contributed by atoms with E-state index < -0.39 is 0 Å². The summed E-state index contributed by atoms with van der Waals surface area (Å²) in [5.41, 5.74) is 7.80. The highest BCUT2D eigenvalue weighted by atomic mass is 16.1. The molecule has 1 fully saturated rings. The number of benzene rings is 1. The minimum Gasteiger partial charge on any atom is -0.330 e. The molecule has 2 rings (SSSR count). The average Bonchev–Trinajstić information content (AvgIpc) is 2.28. The smallest absolute Gasteiger partial charge is 0.167 e. The summed E-state index contributed by atoms with van der Waals surface area (Å²) < 4.78 is 0. The Bertz CT molecular complexity index is 392. The third-order valence-electron chi connectivity index (χ3n) is 3.90. The van der Waals surface area contributed by atoms with Crippen LogP contribution in [0.4, 0.5) is 0 Å². The van der Waals surface area contributed by atoms with Crippen LogP contribution in [-0.4, -0.2) is 12.3 Å². The molecule has 1 aliphatic carbocycles. The van der Waals surface area contributed by atoms with Gasteiger partial charge < -0.3 is 5.73 Å². The Kier molecular flexibility index (Phi) is 3.95. The van der Waals surface area contributed by atoms with Gasteiger partial charge >= 0.3 is 0 Å². The van der Waals surface area contributed by atoms with Gasteiger partial charge in [0.2, 0.25) is 0 Å². The lowest BCUT2D eigenvalue weighted by Crippen LogP contribution is -2.23. The minimum absolute atomic E-state index is 0.0216. The SMILES string of the molecule is CCC(CN)C(=O)c1cccc(C2CCC2)c1. The Labute approximate surface area is 103 Å². The molecule has 0 aromatic heterocycles. The number of rotatable bonds is 5. The summed E-state index contributed by atoms with van der Waals surface area (Å²) in [6.45, 7) is 2.47. The Morgan fingerprint density at radius 1 is 1.47 bits per heavy atom. The van der Waals surface area contributed by atoms with E-state index in [9.17, 15) is 4.79 Å². The predicted octanol–water partition coefficient (Wildman–Crippen LogP) is 3.12. The van der Waals surface area contributed by atoms with Crippen molar-refractivity contribution in [3.8, 4) is 0 Å². The largest absolute Gasteiger partial charge is 0.330 e. The van der Waals surface area contributed by atoms with Gasteiger partial charge in [-0.05, 0) is 36.8 Å². The van der Waals surface area contributed by atoms with Gasteiger partial charge in [-0.2, -0.15) is 0 Å². The molecule has 0 aliphatic heterocycles. The van der Waals surface area contributed by atoms with Crippen molar-refractivity contribution in [1.82, 2.24) is 0 Å². The number of Topliss-reactive ketones (excluding diaryl/α,β-unsaturated/α-hetero) is 1. The number of ketones is 1. The van der Waals surface area contributed by atoms with E-state index in [0.29, 0.717) is 12.5 Å². The summed E-state index contributed by atoms with van der Waals surface area (Å²) in [4.78, 5) is 12.2. The quantitative estimate of drug-likeness (QED) is 0.791. The van der Waals surface area contributed by atoms with Crippen molar-refractivity contribution in [2.45, 2.75) is 38.5 Å². The van der Waals surface area contributed by atoms with E-state index >= 15 is 0 Å². The van der Waals surface area contributed by atoms with Crippen LogP contribution in [0.1, 0.15) is 54.4 Å². The first-order chi connectivity index (χ1) is 8.26. The third kappa shape index (κ3) is 2.58. The van der Waals surface area contributed by atoms with Crippen molar-refractivity contribution >= 4 is 5.78 Å². The molecule has 0 bridgehead atoms. The molecule has 2 N–H and O–H groups in total. The second kappa shape index (κ2) is 5.46. The van der Waals surface area contributed by atoms with Crippen molar-refractivity contribution < 1.29 is 4.79 Å². The molecule has 0 heterocycles. The van der Waals surface area contributed by atoms with Crippen LogP contribution in [-0.2, 0) is 0 Å². The van der Waals surface area contributed by atoms with Gasteiger partial charge in [0.05, 0.1) is 0 Å². The van der Waals surface area contributed by atoms with Crippen LogP contribution in [0, 0.1) is 5.92 Å². The standard InChI is InChI=1S/C15H21NO/c1-2-11(10-16)15(17)14-8-4-7-13(9-14)12-5-3-6-12/h4,7-9,11-12H,2-3,5-6,10,16H2,1H3. The fourth-order valence-electron chi connectivity index (χ4n) is 2.38. The first-order valence-corrected chi connectivity index (χ1v) is 6.60.